The van der Waals surface area contributed by atoms with Gasteiger partial charge in [-0.1, -0.05) is 34.1 Å². The number of nitrogens with one attached hydrogen (secondary N) is 1. The molecule has 0 aromatic rings. The normalized spacial score (nSPS) is 25.7. The molecule has 0 radical (unpaired) electrons. The Morgan fingerprint density at radius 3 is 2.62 bits per heavy atom. The van der Waals surface area contributed by atoms with Crippen LogP contribution in [-0.4, -0.2) is 36.6 Å². The van der Waals surface area contributed by atoms with Gasteiger partial charge in [0.2, 0.25) is 0 Å². The summed E-state index contributed by atoms with van der Waals surface area (Å²) in [5.41, 5.74) is 0. The minimum atomic E-state index is 0.722. The van der Waals surface area contributed by atoms with Crippen LogP contribution in [0.25, 0.3) is 0 Å². The van der Waals surface area contributed by atoms with E-state index < -0.39 is 0 Å². The Kier molecular flexibility index (Phi) is 6.37. The molecule has 0 spiro atoms. The van der Waals surface area contributed by atoms with Crippen molar-refractivity contribution in [1.29, 1.82) is 0 Å². The van der Waals surface area contributed by atoms with E-state index in [1.165, 1.54) is 45.3 Å². The third-order valence-electron chi connectivity index (χ3n) is 3.80. The van der Waals surface area contributed by atoms with E-state index in [-0.39, 0.29) is 0 Å². The molecule has 96 valence electrons. The minimum absolute atomic E-state index is 0.722. The van der Waals surface area contributed by atoms with Crippen LogP contribution >= 0.6 is 0 Å². The Labute approximate surface area is 102 Å². The second kappa shape index (κ2) is 7.29. The van der Waals surface area contributed by atoms with Crippen molar-refractivity contribution >= 4 is 0 Å². The summed E-state index contributed by atoms with van der Waals surface area (Å²) < 4.78 is 0. The topological polar surface area (TPSA) is 15.3 Å². The predicted octanol–water partition coefficient (Wildman–Crippen LogP) is 2.89. The summed E-state index contributed by atoms with van der Waals surface area (Å²) in [5, 5.41) is 3.69. The van der Waals surface area contributed by atoms with Crippen molar-refractivity contribution in [3.05, 3.63) is 0 Å². The molecule has 0 saturated carbocycles. The maximum absolute atomic E-state index is 3.69. The second-order valence-corrected chi connectivity index (χ2v) is 5.51. The van der Waals surface area contributed by atoms with Crippen LogP contribution in [0.1, 0.15) is 53.4 Å². The Morgan fingerprint density at radius 2 is 2.06 bits per heavy atom. The van der Waals surface area contributed by atoms with Crippen molar-refractivity contribution in [3.8, 4) is 0 Å². The Bertz CT molecular complexity index is 180. The van der Waals surface area contributed by atoms with Crippen LogP contribution in [0, 0.1) is 5.92 Å². The van der Waals surface area contributed by atoms with Gasteiger partial charge in [-0.05, 0) is 38.3 Å². The van der Waals surface area contributed by atoms with E-state index >= 15 is 0 Å². The SMILES string of the molecule is CCCC1CN(C(CC)C(C)C)CCCN1. The van der Waals surface area contributed by atoms with E-state index in [2.05, 4.69) is 37.9 Å². The molecule has 1 aliphatic heterocycles. The van der Waals surface area contributed by atoms with Gasteiger partial charge in [0, 0.05) is 18.6 Å². The summed E-state index contributed by atoms with van der Waals surface area (Å²) in [6.07, 6.45) is 5.22. The van der Waals surface area contributed by atoms with Gasteiger partial charge in [0.1, 0.15) is 0 Å². The highest BCUT2D eigenvalue weighted by molar-refractivity contribution is 4.82. The van der Waals surface area contributed by atoms with Crippen LogP contribution in [0.2, 0.25) is 0 Å². The molecule has 2 atom stereocenters. The van der Waals surface area contributed by atoms with Crippen LogP contribution in [0.3, 0.4) is 0 Å². The van der Waals surface area contributed by atoms with Crippen LogP contribution in [0.15, 0.2) is 0 Å². The molecule has 1 saturated heterocycles. The van der Waals surface area contributed by atoms with Crippen molar-refractivity contribution in [2.75, 3.05) is 19.6 Å². The Hall–Kier alpha value is -0.0800. The summed E-state index contributed by atoms with van der Waals surface area (Å²) in [5.74, 6) is 0.783. The number of hydrogen-bond donors (Lipinski definition) is 1. The molecular weight excluding hydrogens is 196 g/mol. The van der Waals surface area contributed by atoms with Gasteiger partial charge >= 0.3 is 0 Å². The Balaban J connectivity index is 2.55. The zero-order valence-electron chi connectivity index (χ0n) is 11.6. The predicted molar refractivity (Wildman–Crippen MR) is 71.8 cm³/mol. The molecule has 2 heteroatoms. The first kappa shape index (κ1) is 14.0. The van der Waals surface area contributed by atoms with Crippen molar-refractivity contribution in [3.63, 3.8) is 0 Å². The van der Waals surface area contributed by atoms with Gasteiger partial charge in [-0.25, -0.2) is 0 Å². The molecule has 2 unspecified atom stereocenters. The third-order valence-corrected chi connectivity index (χ3v) is 3.80. The largest absolute Gasteiger partial charge is 0.313 e. The van der Waals surface area contributed by atoms with Gasteiger partial charge in [-0.3, -0.25) is 4.90 Å². The van der Waals surface area contributed by atoms with Crippen molar-refractivity contribution in [2.45, 2.75) is 65.5 Å². The van der Waals surface area contributed by atoms with Crippen LogP contribution < -0.4 is 5.32 Å². The minimum Gasteiger partial charge on any atom is -0.313 e. The first-order valence-electron chi connectivity index (χ1n) is 7.16. The van der Waals surface area contributed by atoms with Gasteiger partial charge in [-0.15, -0.1) is 0 Å². The monoisotopic (exact) mass is 226 g/mol. The van der Waals surface area contributed by atoms with E-state index in [4.69, 9.17) is 0 Å². The van der Waals surface area contributed by atoms with Gasteiger partial charge in [0.15, 0.2) is 0 Å². The van der Waals surface area contributed by atoms with E-state index in [9.17, 15) is 0 Å². The zero-order chi connectivity index (χ0) is 12.0. The molecule has 1 fully saturated rings. The molecule has 0 aromatic carbocycles. The molecule has 1 heterocycles. The lowest BCUT2D eigenvalue weighted by Crippen LogP contribution is -2.44. The van der Waals surface area contributed by atoms with Crippen molar-refractivity contribution in [2.24, 2.45) is 5.92 Å². The third kappa shape index (κ3) is 4.06. The number of rotatable bonds is 5. The quantitative estimate of drug-likeness (QED) is 0.775. The van der Waals surface area contributed by atoms with Gasteiger partial charge in [0.25, 0.3) is 0 Å². The smallest absolute Gasteiger partial charge is 0.0195 e. The van der Waals surface area contributed by atoms with E-state index in [1.54, 1.807) is 0 Å². The molecule has 1 N–H and O–H groups in total. The zero-order valence-corrected chi connectivity index (χ0v) is 11.6. The van der Waals surface area contributed by atoms with Gasteiger partial charge in [-0.2, -0.15) is 0 Å². The highest BCUT2D eigenvalue weighted by atomic mass is 15.2. The maximum atomic E-state index is 3.69. The van der Waals surface area contributed by atoms with E-state index in [1.807, 2.05) is 0 Å². The second-order valence-electron chi connectivity index (χ2n) is 5.51. The van der Waals surface area contributed by atoms with Crippen molar-refractivity contribution < 1.29 is 0 Å². The fourth-order valence-corrected chi connectivity index (χ4v) is 3.02. The van der Waals surface area contributed by atoms with Gasteiger partial charge in [0.05, 0.1) is 0 Å². The number of nitrogens with zero attached hydrogens (tertiary/aromatic N) is 1. The van der Waals surface area contributed by atoms with Crippen LogP contribution in [-0.2, 0) is 0 Å². The lowest BCUT2D eigenvalue weighted by molar-refractivity contribution is 0.146. The first-order valence-corrected chi connectivity index (χ1v) is 7.16. The first-order chi connectivity index (χ1) is 7.69. The van der Waals surface area contributed by atoms with Gasteiger partial charge < -0.3 is 5.32 Å². The van der Waals surface area contributed by atoms with Crippen molar-refractivity contribution in [1.82, 2.24) is 10.2 Å². The molecule has 0 aromatic heterocycles. The van der Waals surface area contributed by atoms with E-state index in [0.717, 1.165) is 18.0 Å². The Morgan fingerprint density at radius 1 is 1.31 bits per heavy atom. The number of hydrogen-bond acceptors (Lipinski definition) is 2. The fraction of sp³-hybridized carbons (Fsp3) is 1.00. The molecule has 0 bridgehead atoms. The summed E-state index contributed by atoms with van der Waals surface area (Å²) in [6.45, 7) is 13.1. The average molecular weight is 226 g/mol. The summed E-state index contributed by atoms with van der Waals surface area (Å²) in [7, 11) is 0. The summed E-state index contributed by atoms with van der Waals surface area (Å²) >= 11 is 0. The van der Waals surface area contributed by atoms with Crippen LogP contribution in [0.5, 0.6) is 0 Å². The highest BCUT2D eigenvalue weighted by Gasteiger charge is 2.24. The standard InChI is InChI=1S/C14H30N2/c1-5-8-13-11-16(10-7-9-15-13)14(6-2)12(3)4/h12-15H,5-11H2,1-4H3. The lowest BCUT2D eigenvalue weighted by Gasteiger charge is -2.34. The summed E-state index contributed by atoms with van der Waals surface area (Å²) in [4.78, 5) is 2.73. The molecule has 0 aliphatic carbocycles. The molecular formula is C14H30N2. The molecule has 1 rings (SSSR count). The molecule has 16 heavy (non-hydrogen) atoms. The maximum Gasteiger partial charge on any atom is 0.0195 e. The molecule has 2 nitrogen and oxygen atoms in total. The summed E-state index contributed by atoms with van der Waals surface area (Å²) in [6, 6.07) is 1.50. The van der Waals surface area contributed by atoms with E-state index in [0.29, 0.717) is 0 Å². The highest BCUT2D eigenvalue weighted by Crippen LogP contribution is 2.17. The molecule has 0 amide bonds. The fourth-order valence-electron chi connectivity index (χ4n) is 3.02. The van der Waals surface area contributed by atoms with Crippen LogP contribution in [0.4, 0.5) is 0 Å². The molecule has 1 aliphatic rings. The lowest BCUT2D eigenvalue weighted by atomic mass is 9.99. The average Bonchev–Trinajstić information content (AvgIpc) is 2.45.